The van der Waals surface area contributed by atoms with Crippen LogP contribution in [0.25, 0.3) is 0 Å². The van der Waals surface area contributed by atoms with E-state index in [0.29, 0.717) is 37.4 Å². The zero-order valence-electron chi connectivity index (χ0n) is 12.6. The molecule has 2 saturated heterocycles. The second kappa shape index (κ2) is 5.41. The van der Waals surface area contributed by atoms with Gasteiger partial charge in [0.1, 0.15) is 0 Å². The zero-order chi connectivity index (χ0) is 14.1. The van der Waals surface area contributed by atoms with Crippen molar-refractivity contribution in [1.29, 1.82) is 0 Å². The van der Waals surface area contributed by atoms with Gasteiger partial charge in [0.2, 0.25) is 5.91 Å². The SMILES string of the molecule is CC(C)(C)C1CCN(C(=O)C2(N)CCOCC2)CC1. The molecule has 2 heterocycles. The Morgan fingerprint density at radius 2 is 1.74 bits per heavy atom. The van der Waals surface area contributed by atoms with E-state index in [1.54, 1.807) is 0 Å². The van der Waals surface area contributed by atoms with Crippen LogP contribution < -0.4 is 5.73 Å². The monoisotopic (exact) mass is 268 g/mol. The average molecular weight is 268 g/mol. The quantitative estimate of drug-likeness (QED) is 0.788. The lowest BCUT2D eigenvalue weighted by molar-refractivity contribution is -0.142. The third-order valence-corrected chi connectivity index (χ3v) is 4.82. The molecule has 0 saturated carbocycles. The van der Waals surface area contributed by atoms with E-state index in [2.05, 4.69) is 20.8 Å². The highest BCUT2D eigenvalue weighted by atomic mass is 16.5. The fourth-order valence-corrected chi connectivity index (χ4v) is 3.21. The van der Waals surface area contributed by atoms with Gasteiger partial charge >= 0.3 is 0 Å². The molecular formula is C15H28N2O2. The highest BCUT2D eigenvalue weighted by Gasteiger charge is 2.40. The van der Waals surface area contributed by atoms with Gasteiger partial charge in [-0.05, 0) is 37.0 Å². The van der Waals surface area contributed by atoms with E-state index < -0.39 is 5.54 Å². The minimum atomic E-state index is -0.674. The largest absolute Gasteiger partial charge is 0.381 e. The van der Waals surface area contributed by atoms with Crippen molar-refractivity contribution in [3.05, 3.63) is 0 Å². The number of rotatable bonds is 1. The topological polar surface area (TPSA) is 55.6 Å². The highest BCUT2D eigenvalue weighted by molar-refractivity contribution is 5.86. The van der Waals surface area contributed by atoms with E-state index in [1.165, 1.54) is 0 Å². The Hall–Kier alpha value is -0.610. The van der Waals surface area contributed by atoms with Crippen molar-refractivity contribution in [3.8, 4) is 0 Å². The molecule has 110 valence electrons. The molecule has 19 heavy (non-hydrogen) atoms. The molecule has 2 aliphatic rings. The molecule has 0 aliphatic carbocycles. The molecule has 0 spiro atoms. The minimum absolute atomic E-state index is 0.142. The van der Waals surface area contributed by atoms with Gasteiger partial charge < -0.3 is 15.4 Å². The molecule has 0 atom stereocenters. The Labute approximate surface area is 116 Å². The van der Waals surface area contributed by atoms with Gasteiger partial charge in [0.05, 0.1) is 5.54 Å². The molecule has 0 radical (unpaired) electrons. The summed E-state index contributed by atoms with van der Waals surface area (Å²) < 4.78 is 5.31. The minimum Gasteiger partial charge on any atom is -0.381 e. The maximum Gasteiger partial charge on any atom is 0.242 e. The summed E-state index contributed by atoms with van der Waals surface area (Å²) >= 11 is 0. The van der Waals surface area contributed by atoms with Crippen LogP contribution in [0.5, 0.6) is 0 Å². The van der Waals surface area contributed by atoms with Gasteiger partial charge in [0, 0.05) is 26.3 Å². The lowest BCUT2D eigenvalue weighted by atomic mass is 9.75. The molecule has 4 heteroatoms. The number of ether oxygens (including phenoxy) is 1. The summed E-state index contributed by atoms with van der Waals surface area (Å²) in [5.74, 6) is 0.850. The van der Waals surface area contributed by atoms with Crippen molar-refractivity contribution in [3.63, 3.8) is 0 Å². The molecule has 0 aromatic rings. The zero-order valence-corrected chi connectivity index (χ0v) is 12.6. The van der Waals surface area contributed by atoms with E-state index in [1.807, 2.05) is 4.90 Å². The third kappa shape index (κ3) is 3.29. The number of likely N-dealkylation sites (tertiary alicyclic amines) is 1. The fourth-order valence-electron chi connectivity index (χ4n) is 3.21. The predicted octanol–water partition coefficient (Wildman–Crippen LogP) is 1.78. The molecular weight excluding hydrogens is 240 g/mol. The predicted molar refractivity (Wildman–Crippen MR) is 75.7 cm³/mol. The second-order valence-corrected chi connectivity index (χ2v) is 7.20. The normalized spacial score (nSPS) is 25.4. The molecule has 0 aromatic carbocycles. The lowest BCUT2D eigenvalue weighted by Gasteiger charge is -2.42. The van der Waals surface area contributed by atoms with Crippen LogP contribution >= 0.6 is 0 Å². The summed E-state index contributed by atoms with van der Waals surface area (Å²) in [4.78, 5) is 14.6. The Balaban J connectivity index is 1.92. The first-order valence-electron chi connectivity index (χ1n) is 7.49. The molecule has 1 amide bonds. The van der Waals surface area contributed by atoms with Crippen molar-refractivity contribution < 1.29 is 9.53 Å². The van der Waals surface area contributed by atoms with Crippen LogP contribution in [0.1, 0.15) is 46.5 Å². The van der Waals surface area contributed by atoms with Gasteiger partial charge in [-0.25, -0.2) is 0 Å². The Kier molecular flexibility index (Phi) is 4.21. The number of carbonyl (C=O) groups is 1. The van der Waals surface area contributed by atoms with Gasteiger partial charge in [-0.15, -0.1) is 0 Å². The van der Waals surface area contributed by atoms with E-state index >= 15 is 0 Å². The summed E-state index contributed by atoms with van der Waals surface area (Å²) in [7, 11) is 0. The number of nitrogens with zero attached hydrogens (tertiary/aromatic N) is 1. The third-order valence-electron chi connectivity index (χ3n) is 4.82. The van der Waals surface area contributed by atoms with Gasteiger partial charge in [-0.3, -0.25) is 4.79 Å². The van der Waals surface area contributed by atoms with E-state index in [0.717, 1.165) is 25.9 Å². The number of amides is 1. The van der Waals surface area contributed by atoms with Crippen LogP contribution in [-0.4, -0.2) is 42.6 Å². The van der Waals surface area contributed by atoms with E-state index in [4.69, 9.17) is 10.5 Å². The van der Waals surface area contributed by atoms with Crippen LogP contribution in [0.15, 0.2) is 0 Å². The number of piperidine rings is 1. The first-order valence-corrected chi connectivity index (χ1v) is 7.49. The maximum absolute atomic E-state index is 12.6. The van der Waals surface area contributed by atoms with Crippen molar-refractivity contribution in [1.82, 2.24) is 4.90 Å². The number of hydrogen-bond acceptors (Lipinski definition) is 3. The summed E-state index contributed by atoms with van der Waals surface area (Å²) in [6.07, 6.45) is 3.51. The molecule has 2 rings (SSSR count). The standard InChI is InChI=1S/C15H28N2O2/c1-14(2,3)12-4-8-17(9-5-12)13(18)15(16)6-10-19-11-7-15/h12H,4-11,16H2,1-3H3. The number of nitrogens with two attached hydrogens (primary N) is 1. The van der Waals surface area contributed by atoms with Crippen molar-refractivity contribution >= 4 is 5.91 Å². The average Bonchev–Trinajstić information content (AvgIpc) is 2.38. The Morgan fingerprint density at radius 1 is 1.21 bits per heavy atom. The van der Waals surface area contributed by atoms with Crippen LogP contribution in [-0.2, 0) is 9.53 Å². The maximum atomic E-state index is 12.6. The number of carbonyl (C=O) groups excluding carboxylic acids is 1. The molecule has 0 unspecified atom stereocenters. The van der Waals surface area contributed by atoms with E-state index in [-0.39, 0.29) is 5.91 Å². The lowest BCUT2D eigenvalue weighted by Crippen LogP contribution is -2.59. The summed E-state index contributed by atoms with van der Waals surface area (Å²) in [5.41, 5.74) is 5.95. The van der Waals surface area contributed by atoms with Crippen LogP contribution in [0.4, 0.5) is 0 Å². The van der Waals surface area contributed by atoms with E-state index in [9.17, 15) is 4.79 Å². The number of hydrogen-bond donors (Lipinski definition) is 1. The van der Waals surface area contributed by atoms with Gasteiger partial charge in [-0.1, -0.05) is 20.8 Å². The van der Waals surface area contributed by atoms with Crippen LogP contribution in [0.3, 0.4) is 0 Å². The molecule has 2 fully saturated rings. The smallest absolute Gasteiger partial charge is 0.242 e. The van der Waals surface area contributed by atoms with Gasteiger partial charge in [0.25, 0.3) is 0 Å². The van der Waals surface area contributed by atoms with Crippen molar-refractivity contribution in [2.75, 3.05) is 26.3 Å². The Morgan fingerprint density at radius 3 is 2.21 bits per heavy atom. The molecule has 2 aliphatic heterocycles. The van der Waals surface area contributed by atoms with Gasteiger partial charge in [0.15, 0.2) is 0 Å². The van der Waals surface area contributed by atoms with Crippen LogP contribution in [0, 0.1) is 11.3 Å². The molecule has 0 aromatic heterocycles. The molecule has 0 bridgehead atoms. The first kappa shape index (κ1) is 14.8. The van der Waals surface area contributed by atoms with Crippen molar-refractivity contribution in [2.45, 2.75) is 52.0 Å². The first-order chi connectivity index (χ1) is 8.83. The molecule has 2 N–H and O–H groups in total. The summed E-state index contributed by atoms with van der Waals surface area (Å²) in [6.45, 7) is 9.82. The Bertz CT molecular complexity index is 322. The van der Waals surface area contributed by atoms with Gasteiger partial charge in [-0.2, -0.15) is 0 Å². The summed E-state index contributed by atoms with van der Waals surface area (Å²) in [5, 5.41) is 0. The summed E-state index contributed by atoms with van der Waals surface area (Å²) in [6, 6.07) is 0. The fraction of sp³-hybridized carbons (Fsp3) is 0.933. The van der Waals surface area contributed by atoms with Crippen LogP contribution in [0.2, 0.25) is 0 Å². The second-order valence-electron chi connectivity index (χ2n) is 7.20. The highest BCUT2D eigenvalue weighted by Crippen LogP contribution is 2.35. The van der Waals surface area contributed by atoms with Crippen molar-refractivity contribution in [2.24, 2.45) is 17.1 Å². The molecule has 4 nitrogen and oxygen atoms in total.